The van der Waals surface area contributed by atoms with Crippen LogP contribution in [0.1, 0.15) is 18.3 Å². The molecular formula is C10H14O5S. The van der Waals surface area contributed by atoms with Crippen LogP contribution in [-0.2, 0) is 14.9 Å². The fourth-order valence-corrected chi connectivity index (χ4v) is 1.63. The molecule has 1 aromatic rings. The van der Waals surface area contributed by atoms with Crippen molar-refractivity contribution in [3.8, 4) is 0 Å². The summed E-state index contributed by atoms with van der Waals surface area (Å²) < 4.78 is 34.2. The van der Waals surface area contributed by atoms with Gasteiger partial charge in [0.2, 0.25) is 0 Å². The molecule has 1 unspecified atom stereocenters. The van der Waals surface area contributed by atoms with Gasteiger partial charge in [0.25, 0.3) is 10.1 Å². The van der Waals surface area contributed by atoms with Gasteiger partial charge in [0.15, 0.2) is 6.29 Å². The van der Waals surface area contributed by atoms with Crippen molar-refractivity contribution in [3.63, 3.8) is 0 Å². The normalized spacial score (nSPS) is 13.6. The van der Waals surface area contributed by atoms with E-state index in [0.29, 0.717) is 5.56 Å². The Kier molecular flexibility index (Phi) is 4.88. The molecule has 16 heavy (non-hydrogen) atoms. The zero-order chi connectivity index (χ0) is 12.0. The Bertz CT molecular complexity index is 400. The van der Waals surface area contributed by atoms with Crippen LogP contribution in [0.25, 0.3) is 0 Å². The van der Waals surface area contributed by atoms with Gasteiger partial charge in [0.1, 0.15) is 0 Å². The van der Waals surface area contributed by atoms with Crippen LogP contribution in [-0.4, -0.2) is 30.4 Å². The van der Waals surface area contributed by atoms with Crippen molar-refractivity contribution in [1.82, 2.24) is 0 Å². The second-order valence-corrected chi connectivity index (χ2v) is 4.85. The smallest absolute Gasteiger partial charge is 0.264 e. The van der Waals surface area contributed by atoms with E-state index in [1.807, 2.05) is 6.07 Å². The highest BCUT2D eigenvalue weighted by molar-refractivity contribution is 7.85. The third kappa shape index (κ3) is 5.22. The lowest BCUT2D eigenvalue weighted by Crippen LogP contribution is -2.10. The average molecular weight is 246 g/mol. The molecule has 0 spiro atoms. The Morgan fingerprint density at radius 1 is 1.25 bits per heavy atom. The molecule has 0 fully saturated rings. The molecule has 1 atom stereocenters. The van der Waals surface area contributed by atoms with Crippen LogP contribution in [0.3, 0.4) is 0 Å². The van der Waals surface area contributed by atoms with Crippen LogP contribution in [0.15, 0.2) is 30.3 Å². The molecule has 6 heteroatoms. The van der Waals surface area contributed by atoms with Crippen LogP contribution < -0.4 is 0 Å². The Labute approximate surface area is 94.4 Å². The summed E-state index contributed by atoms with van der Waals surface area (Å²) in [5.41, 5.74) is 0.606. The molecule has 0 saturated heterocycles. The number of hydrogen-bond acceptors (Lipinski definition) is 4. The maximum Gasteiger partial charge on any atom is 0.264 e. The maximum atomic E-state index is 10.4. The Hall–Kier alpha value is -0.950. The first-order valence-electron chi connectivity index (χ1n) is 4.79. The minimum atomic E-state index is -3.95. The van der Waals surface area contributed by atoms with Crippen LogP contribution in [0.4, 0.5) is 0 Å². The summed E-state index contributed by atoms with van der Waals surface area (Å²) in [6.45, 7) is 0.0653. The minimum Gasteiger partial charge on any atom is -0.364 e. The van der Waals surface area contributed by atoms with Gasteiger partial charge >= 0.3 is 0 Å². The van der Waals surface area contributed by atoms with E-state index in [2.05, 4.69) is 0 Å². The molecule has 1 rings (SSSR count). The van der Waals surface area contributed by atoms with Gasteiger partial charge in [-0.3, -0.25) is 4.55 Å². The van der Waals surface area contributed by atoms with Crippen molar-refractivity contribution in [2.75, 3.05) is 12.4 Å². The first-order valence-corrected chi connectivity index (χ1v) is 6.40. The highest BCUT2D eigenvalue weighted by Crippen LogP contribution is 2.13. The Balaban J connectivity index is 2.29. The number of hydrogen-bond donors (Lipinski definition) is 2. The summed E-state index contributed by atoms with van der Waals surface area (Å²) in [6, 6.07) is 8.75. The lowest BCUT2D eigenvalue weighted by atomic mass is 10.2. The molecule has 90 valence electrons. The molecule has 0 aliphatic heterocycles. The summed E-state index contributed by atoms with van der Waals surface area (Å²) in [5.74, 6) is -0.367. The third-order valence-corrected chi connectivity index (χ3v) is 2.71. The van der Waals surface area contributed by atoms with E-state index < -0.39 is 16.4 Å². The average Bonchev–Trinajstić information content (AvgIpc) is 2.24. The van der Waals surface area contributed by atoms with Crippen molar-refractivity contribution in [2.45, 2.75) is 12.7 Å². The molecule has 0 bridgehead atoms. The summed E-state index contributed by atoms with van der Waals surface area (Å²) in [6.07, 6.45) is -0.925. The standard InChI is InChI=1S/C10H14O5S/c11-10(9-5-2-1-3-6-9)15-7-4-8-16(12,13)14/h1-3,5-6,10-11H,4,7-8H2,(H,12,13,14). The second-order valence-electron chi connectivity index (χ2n) is 3.27. The Morgan fingerprint density at radius 3 is 2.44 bits per heavy atom. The van der Waals surface area contributed by atoms with Gasteiger partial charge in [-0.05, 0) is 6.42 Å². The molecule has 0 aromatic heterocycles. The molecule has 0 amide bonds. The van der Waals surface area contributed by atoms with E-state index in [4.69, 9.17) is 9.29 Å². The van der Waals surface area contributed by atoms with Crippen molar-refractivity contribution in [1.29, 1.82) is 0 Å². The van der Waals surface area contributed by atoms with Crippen molar-refractivity contribution in [3.05, 3.63) is 35.9 Å². The van der Waals surface area contributed by atoms with E-state index in [1.165, 1.54) is 0 Å². The van der Waals surface area contributed by atoms with E-state index in [-0.39, 0.29) is 18.8 Å². The van der Waals surface area contributed by atoms with Crippen LogP contribution >= 0.6 is 0 Å². The number of aliphatic hydroxyl groups is 1. The molecule has 2 N–H and O–H groups in total. The lowest BCUT2D eigenvalue weighted by Gasteiger charge is -2.11. The van der Waals surface area contributed by atoms with Crippen molar-refractivity contribution in [2.24, 2.45) is 0 Å². The van der Waals surface area contributed by atoms with Gasteiger partial charge < -0.3 is 9.84 Å². The summed E-state index contributed by atoms with van der Waals surface area (Å²) in [4.78, 5) is 0. The Morgan fingerprint density at radius 2 is 1.88 bits per heavy atom. The fourth-order valence-electron chi connectivity index (χ4n) is 1.15. The van der Waals surface area contributed by atoms with Crippen LogP contribution in [0, 0.1) is 0 Å². The molecule has 0 aliphatic rings. The number of ether oxygens (including phenoxy) is 1. The second kappa shape index (κ2) is 5.95. The first-order chi connectivity index (χ1) is 7.49. The highest BCUT2D eigenvalue weighted by Gasteiger charge is 2.08. The van der Waals surface area contributed by atoms with Gasteiger partial charge in [-0.2, -0.15) is 8.42 Å². The monoisotopic (exact) mass is 246 g/mol. The summed E-state index contributed by atoms with van der Waals surface area (Å²) in [7, 11) is -3.95. The zero-order valence-corrected chi connectivity index (χ0v) is 9.43. The maximum absolute atomic E-state index is 10.4. The number of benzene rings is 1. The van der Waals surface area contributed by atoms with Gasteiger partial charge in [-0.15, -0.1) is 0 Å². The quantitative estimate of drug-likeness (QED) is 0.444. The van der Waals surface area contributed by atoms with Gasteiger partial charge in [-0.25, -0.2) is 0 Å². The number of rotatable bonds is 6. The molecule has 0 radical (unpaired) electrons. The van der Waals surface area contributed by atoms with Crippen molar-refractivity contribution < 1.29 is 22.8 Å². The first kappa shape index (κ1) is 13.1. The molecule has 0 heterocycles. The predicted octanol–water partition coefficient (Wildman–Crippen LogP) is 0.972. The molecule has 5 nitrogen and oxygen atoms in total. The lowest BCUT2D eigenvalue weighted by molar-refractivity contribution is -0.102. The van der Waals surface area contributed by atoms with E-state index in [9.17, 15) is 13.5 Å². The van der Waals surface area contributed by atoms with Gasteiger partial charge in [0.05, 0.1) is 12.4 Å². The third-order valence-electron chi connectivity index (χ3n) is 1.91. The zero-order valence-electron chi connectivity index (χ0n) is 8.61. The highest BCUT2D eigenvalue weighted by atomic mass is 32.2. The van der Waals surface area contributed by atoms with E-state index in [0.717, 1.165) is 0 Å². The molecule has 0 saturated carbocycles. The van der Waals surface area contributed by atoms with Crippen LogP contribution in [0.2, 0.25) is 0 Å². The van der Waals surface area contributed by atoms with E-state index >= 15 is 0 Å². The molecule has 1 aromatic carbocycles. The topological polar surface area (TPSA) is 83.8 Å². The van der Waals surface area contributed by atoms with Crippen LogP contribution in [0.5, 0.6) is 0 Å². The summed E-state index contributed by atoms with van der Waals surface area (Å²) in [5, 5.41) is 9.52. The molecule has 0 aliphatic carbocycles. The largest absolute Gasteiger partial charge is 0.364 e. The summed E-state index contributed by atoms with van der Waals surface area (Å²) >= 11 is 0. The van der Waals surface area contributed by atoms with Gasteiger partial charge in [-0.1, -0.05) is 30.3 Å². The van der Waals surface area contributed by atoms with E-state index in [1.54, 1.807) is 24.3 Å². The van der Waals surface area contributed by atoms with Gasteiger partial charge in [0, 0.05) is 5.56 Å². The fraction of sp³-hybridized carbons (Fsp3) is 0.400. The SMILES string of the molecule is O=S(=O)(O)CCCOC(O)c1ccccc1. The number of aliphatic hydroxyl groups excluding tert-OH is 1. The minimum absolute atomic E-state index is 0.0653. The van der Waals surface area contributed by atoms with Crippen molar-refractivity contribution >= 4 is 10.1 Å². The molecular weight excluding hydrogens is 232 g/mol. The predicted molar refractivity (Wildman–Crippen MR) is 58.4 cm³/mol.